The molecule has 8 nitrogen and oxygen atoms in total. The summed E-state index contributed by atoms with van der Waals surface area (Å²) in [5, 5.41) is 2.33. The predicted molar refractivity (Wildman–Crippen MR) is 158 cm³/mol. The summed E-state index contributed by atoms with van der Waals surface area (Å²) in [6, 6.07) is 18.2. The van der Waals surface area contributed by atoms with Crippen LogP contribution >= 0.6 is 0 Å². The van der Waals surface area contributed by atoms with E-state index in [-0.39, 0.29) is 37.1 Å². The Labute approximate surface area is 250 Å². The average molecular weight is 586 g/mol. The van der Waals surface area contributed by atoms with Crippen LogP contribution in [0.1, 0.15) is 71.1 Å². The molecule has 2 fully saturated rings. The highest BCUT2D eigenvalue weighted by Gasteiger charge is 2.41. The zero-order chi connectivity index (χ0) is 29.9. The van der Waals surface area contributed by atoms with Gasteiger partial charge in [0.15, 0.2) is 11.5 Å². The van der Waals surface area contributed by atoms with Crippen LogP contribution in [0.25, 0.3) is 0 Å². The van der Waals surface area contributed by atoms with Gasteiger partial charge < -0.3 is 14.4 Å². The Morgan fingerprint density at radius 3 is 2.44 bits per heavy atom. The second-order valence-corrected chi connectivity index (χ2v) is 11.5. The van der Waals surface area contributed by atoms with Crippen molar-refractivity contribution in [3.63, 3.8) is 0 Å². The Morgan fingerprint density at radius 1 is 0.907 bits per heavy atom. The van der Waals surface area contributed by atoms with Gasteiger partial charge in [-0.2, -0.15) is 0 Å². The summed E-state index contributed by atoms with van der Waals surface area (Å²) < 4.78 is 26.7. The van der Waals surface area contributed by atoms with Crippen molar-refractivity contribution in [2.24, 2.45) is 0 Å². The third-order valence-electron chi connectivity index (χ3n) is 8.63. The molecule has 3 aromatic carbocycles. The average Bonchev–Trinajstić information content (AvgIpc) is 3.33. The zero-order valence-corrected chi connectivity index (χ0v) is 24.3. The van der Waals surface area contributed by atoms with E-state index in [1.54, 1.807) is 6.07 Å². The molecule has 0 radical (unpaired) electrons. The number of benzene rings is 3. The number of likely N-dealkylation sites (tertiary alicyclic amines) is 1. The number of piperidine rings is 2. The molecule has 0 spiro atoms. The van der Waals surface area contributed by atoms with Crippen molar-refractivity contribution in [1.29, 1.82) is 0 Å². The Hall–Kier alpha value is -4.24. The molecule has 3 heterocycles. The lowest BCUT2D eigenvalue weighted by Gasteiger charge is -2.33. The molecule has 3 aliphatic rings. The SMILES string of the molecule is CCOc1cc(CN2CCC(c3cc(F)cc4c3CN(C3CCC(=O)NC3=O)C4=O)CC2)ccc1OCc1ccccc1. The van der Waals surface area contributed by atoms with Crippen molar-refractivity contribution in [1.82, 2.24) is 15.1 Å². The zero-order valence-electron chi connectivity index (χ0n) is 24.3. The van der Waals surface area contributed by atoms with E-state index in [0.717, 1.165) is 60.5 Å². The largest absolute Gasteiger partial charge is 0.490 e. The van der Waals surface area contributed by atoms with E-state index in [0.29, 0.717) is 24.5 Å². The molecule has 6 rings (SSSR count). The quantitative estimate of drug-likeness (QED) is 0.358. The van der Waals surface area contributed by atoms with E-state index in [1.807, 2.05) is 49.4 Å². The van der Waals surface area contributed by atoms with Crippen molar-refractivity contribution >= 4 is 17.7 Å². The molecule has 0 aliphatic carbocycles. The molecule has 0 bridgehead atoms. The number of rotatable bonds is 9. The van der Waals surface area contributed by atoms with Crippen LogP contribution in [0.2, 0.25) is 0 Å². The number of ether oxygens (including phenoxy) is 2. The monoisotopic (exact) mass is 585 g/mol. The highest BCUT2D eigenvalue weighted by molar-refractivity contribution is 6.05. The Bertz CT molecular complexity index is 1520. The number of hydrogen-bond donors (Lipinski definition) is 1. The van der Waals surface area contributed by atoms with Gasteiger partial charge in [0, 0.05) is 25.1 Å². The van der Waals surface area contributed by atoms with Crippen molar-refractivity contribution in [2.75, 3.05) is 19.7 Å². The molecular formula is C34H36FN3O5. The lowest BCUT2D eigenvalue weighted by molar-refractivity contribution is -0.136. The maximum Gasteiger partial charge on any atom is 0.255 e. The minimum atomic E-state index is -0.716. The number of fused-ring (bicyclic) bond motifs is 1. The normalized spacial score (nSPS) is 19.3. The third kappa shape index (κ3) is 6.27. The van der Waals surface area contributed by atoms with Gasteiger partial charge in [-0.15, -0.1) is 0 Å². The molecule has 1 unspecified atom stereocenters. The fourth-order valence-electron chi connectivity index (χ4n) is 6.45. The smallest absolute Gasteiger partial charge is 0.255 e. The first-order valence-corrected chi connectivity index (χ1v) is 15.0. The summed E-state index contributed by atoms with van der Waals surface area (Å²) in [5.41, 5.74) is 4.22. The molecule has 1 N–H and O–H groups in total. The minimum absolute atomic E-state index is 0.114. The van der Waals surface area contributed by atoms with Gasteiger partial charge in [0.25, 0.3) is 5.91 Å². The molecule has 3 aromatic rings. The summed E-state index contributed by atoms with van der Waals surface area (Å²) in [5.74, 6) is -0.0126. The maximum absolute atomic E-state index is 14.8. The number of carbonyl (C=O) groups is 3. The van der Waals surface area contributed by atoms with Gasteiger partial charge in [-0.05, 0) is 91.7 Å². The molecule has 224 valence electrons. The van der Waals surface area contributed by atoms with Crippen LogP contribution in [0.3, 0.4) is 0 Å². The fourth-order valence-corrected chi connectivity index (χ4v) is 6.45. The number of nitrogens with zero attached hydrogens (tertiary/aromatic N) is 2. The highest BCUT2D eigenvalue weighted by atomic mass is 19.1. The van der Waals surface area contributed by atoms with E-state index in [2.05, 4.69) is 16.3 Å². The predicted octanol–water partition coefficient (Wildman–Crippen LogP) is 4.94. The van der Waals surface area contributed by atoms with Crippen molar-refractivity contribution in [3.8, 4) is 11.5 Å². The van der Waals surface area contributed by atoms with Gasteiger partial charge in [0.05, 0.1) is 6.61 Å². The number of hydrogen-bond acceptors (Lipinski definition) is 6. The van der Waals surface area contributed by atoms with Gasteiger partial charge in [0.2, 0.25) is 11.8 Å². The first-order chi connectivity index (χ1) is 20.9. The minimum Gasteiger partial charge on any atom is -0.490 e. The summed E-state index contributed by atoms with van der Waals surface area (Å²) in [7, 11) is 0. The van der Waals surface area contributed by atoms with Crippen molar-refractivity contribution in [3.05, 3.63) is 94.3 Å². The van der Waals surface area contributed by atoms with Crippen LogP contribution in [0.5, 0.6) is 11.5 Å². The summed E-state index contributed by atoms with van der Waals surface area (Å²) in [4.78, 5) is 41.2. The molecule has 0 saturated carbocycles. The van der Waals surface area contributed by atoms with Gasteiger partial charge >= 0.3 is 0 Å². The van der Waals surface area contributed by atoms with Gasteiger partial charge in [-0.25, -0.2) is 4.39 Å². The number of nitrogens with one attached hydrogen (secondary N) is 1. The number of imide groups is 1. The van der Waals surface area contributed by atoms with Crippen molar-refractivity contribution in [2.45, 2.75) is 64.3 Å². The third-order valence-corrected chi connectivity index (χ3v) is 8.63. The van der Waals surface area contributed by atoms with E-state index in [1.165, 1.54) is 11.0 Å². The van der Waals surface area contributed by atoms with Crippen LogP contribution in [0, 0.1) is 5.82 Å². The molecule has 43 heavy (non-hydrogen) atoms. The first-order valence-electron chi connectivity index (χ1n) is 15.0. The molecule has 9 heteroatoms. The number of amides is 3. The highest BCUT2D eigenvalue weighted by Crippen LogP contribution is 2.38. The lowest BCUT2D eigenvalue weighted by atomic mass is 9.85. The molecule has 0 aromatic heterocycles. The first kappa shape index (κ1) is 28.9. The van der Waals surface area contributed by atoms with Crippen LogP contribution in [-0.4, -0.2) is 53.3 Å². The van der Waals surface area contributed by atoms with Crippen molar-refractivity contribution < 1.29 is 28.2 Å². The van der Waals surface area contributed by atoms with Gasteiger partial charge in [-0.3, -0.25) is 24.6 Å². The molecule has 3 amide bonds. The molecule has 3 aliphatic heterocycles. The van der Waals surface area contributed by atoms with E-state index >= 15 is 0 Å². The van der Waals surface area contributed by atoms with Crippen LogP contribution in [0.15, 0.2) is 60.7 Å². The van der Waals surface area contributed by atoms with E-state index in [4.69, 9.17) is 9.47 Å². The fraction of sp³-hybridized carbons (Fsp3) is 0.382. The van der Waals surface area contributed by atoms with E-state index in [9.17, 15) is 18.8 Å². The van der Waals surface area contributed by atoms with Gasteiger partial charge in [0.1, 0.15) is 18.5 Å². The number of carbonyl (C=O) groups excluding carboxylic acids is 3. The Balaban J connectivity index is 1.10. The number of halogens is 1. The van der Waals surface area contributed by atoms with E-state index < -0.39 is 17.8 Å². The van der Waals surface area contributed by atoms with Crippen LogP contribution < -0.4 is 14.8 Å². The topological polar surface area (TPSA) is 88.2 Å². The summed E-state index contributed by atoms with van der Waals surface area (Å²) >= 11 is 0. The summed E-state index contributed by atoms with van der Waals surface area (Å²) in [6.07, 6.45) is 2.13. The second kappa shape index (κ2) is 12.6. The van der Waals surface area contributed by atoms with Gasteiger partial charge in [-0.1, -0.05) is 36.4 Å². The second-order valence-electron chi connectivity index (χ2n) is 11.5. The molecular weight excluding hydrogens is 549 g/mol. The molecule has 1 atom stereocenters. The Kier molecular flexibility index (Phi) is 8.42. The standard InChI is InChI=1S/C34H36FN3O5/c1-2-42-31-16-23(8-10-30(31)43-21-22-6-4-3-5-7-22)19-37-14-12-24(13-15-37)26-17-25(35)18-27-28(26)20-38(34(27)41)29-9-11-32(39)36-33(29)40/h3-8,10,16-18,24,29H,2,9,11-15,19-21H2,1H3,(H,36,39,40). The lowest BCUT2D eigenvalue weighted by Crippen LogP contribution is -2.52. The molecule has 2 saturated heterocycles. The summed E-state index contributed by atoms with van der Waals surface area (Å²) in [6.45, 7) is 5.64. The van der Waals surface area contributed by atoms with Crippen LogP contribution in [-0.2, 0) is 29.3 Å². The van der Waals surface area contributed by atoms with Crippen LogP contribution in [0.4, 0.5) is 4.39 Å². The maximum atomic E-state index is 14.8. The Morgan fingerprint density at radius 2 is 1.70 bits per heavy atom.